The van der Waals surface area contributed by atoms with Crippen LogP contribution in [0.4, 0.5) is 4.39 Å². The molecule has 0 amide bonds. The van der Waals surface area contributed by atoms with Crippen molar-refractivity contribution >= 4 is 17.3 Å². The summed E-state index contributed by atoms with van der Waals surface area (Å²) in [4.78, 5) is 14.4. The Kier molecular flexibility index (Phi) is 2.82. The predicted octanol–water partition coefficient (Wildman–Crippen LogP) is 2.77. The Morgan fingerprint density at radius 2 is 2.31 bits per heavy atom. The summed E-state index contributed by atoms with van der Waals surface area (Å²) in [5, 5.41) is 10.7. The van der Waals surface area contributed by atoms with Crippen LogP contribution < -0.4 is 4.74 Å². The highest BCUT2D eigenvalue weighted by molar-refractivity contribution is 7.11. The van der Waals surface area contributed by atoms with Crippen LogP contribution in [-0.2, 0) is 0 Å². The van der Waals surface area contributed by atoms with Crippen LogP contribution in [0.5, 0.6) is 10.9 Å². The highest BCUT2D eigenvalue weighted by atomic mass is 32.1. The molecule has 0 aliphatic heterocycles. The molecule has 0 atom stereocenters. The molecular formula is C10H6FNO3S. The van der Waals surface area contributed by atoms with Gasteiger partial charge < -0.3 is 9.84 Å². The van der Waals surface area contributed by atoms with Gasteiger partial charge >= 0.3 is 5.97 Å². The van der Waals surface area contributed by atoms with Gasteiger partial charge in [0.1, 0.15) is 11.6 Å². The summed E-state index contributed by atoms with van der Waals surface area (Å²) in [5.74, 6) is -1.92. The molecule has 2 aromatic rings. The molecule has 0 bridgehead atoms. The largest absolute Gasteiger partial charge is 0.478 e. The van der Waals surface area contributed by atoms with Crippen LogP contribution in [0, 0.1) is 5.82 Å². The lowest BCUT2D eigenvalue weighted by Gasteiger charge is -2.02. The van der Waals surface area contributed by atoms with Crippen molar-refractivity contribution in [2.75, 3.05) is 0 Å². The van der Waals surface area contributed by atoms with Crippen LogP contribution >= 0.6 is 11.3 Å². The first-order chi connectivity index (χ1) is 7.66. The van der Waals surface area contributed by atoms with Gasteiger partial charge in [0.05, 0.1) is 5.56 Å². The number of rotatable bonds is 3. The van der Waals surface area contributed by atoms with E-state index in [-0.39, 0.29) is 11.3 Å². The third-order valence-electron chi connectivity index (χ3n) is 1.79. The molecule has 0 radical (unpaired) electrons. The summed E-state index contributed by atoms with van der Waals surface area (Å²) in [6, 6.07) is 3.55. The number of ether oxygens (including phenoxy) is 1. The van der Waals surface area contributed by atoms with Gasteiger partial charge in [-0.1, -0.05) is 11.3 Å². The van der Waals surface area contributed by atoms with E-state index in [4.69, 9.17) is 9.84 Å². The third-order valence-corrected chi connectivity index (χ3v) is 2.43. The number of carboxylic acid groups (broad SMARTS) is 1. The lowest BCUT2D eigenvalue weighted by Crippen LogP contribution is -2.00. The number of hydrogen-bond donors (Lipinski definition) is 1. The number of halogens is 1. The van der Waals surface area contributed by atoms with Crippen molar-refractivity contribution in [3.05, 3.63) is 41.2 Å². The van der Waals surface area contributed by atoms with Crippen molar-refractivity contribution in [3.8, 4) is 10.9 Å². The monoisotopic (exact) mass is 239 g/mol. The molecule has 0 aliphatic rings. The maximum absolute atomic E-state index is 13.3. The van der Waals surface area contributed by atoms with Crippen molar-refractivity contribution in [3.63, 3.8) is 0 Å². The second kappa shape index (κ2) is 4.28. The molecule has 0 saturated carbocycles. The van der Waals surface area contributed by atoms with E-state index < -0.39 is 11.8 Å². The molecule has 0 unspecified atom stereocenters. The van der Waals surface area contributed by atoms with Crippen molar-refractivity contribution in [1.82, 2.24) is 4.98 Å². The Balaban J connectivity index is 2.24. The van der Waals surface area contributed by atoms with Crippen LogP contribution in [0.25, 0.3) is 0 Å². The molecule has 16 heavy (non-hydrogen) atoms. The average molecular weight is 239 g/mol. The second-order valence-corrected chi connectivity index (χ2v) is 3.70. The first kappa shape index (κ1) is 10.6. The zero-order chi connectivity index (χ0) is 11.5. The standard InChI is InChI=1S/C10H6FNO3S/c11-8-5-6(1-2-7(8)9(13)14)15-10-12-3-4-16-10/h1-5H,(H,13,14). The summed E-state index contributed by atoms with van der Waals surface area (Å²) >= 11 is 1.26. The van der Waals surface area contributed by atoms with E-state index in [1.807, 2.05) is 0 Å². The third kappa shape index (κ3) is 2.17. The van der Waals surface area contributed by atoms with E-state index >= 15 is 0 Å². The number of hydrogen-bond acceptors (Lipinski definition) is 4. The highest BCUT2D eigenvalue weighted by Crippen LogP contribution is 2.24. The molecule has 0 saturated heterocycles. The van der Waals surface area contributed by atoms with E-state index in [9.17, 15) is 9.18 Å². The van der Waals surface area contributed by atoms with Crippen LogP contribution in [0.1, 0.15) is 10.4 Å². The van der Waals surface area contributed by atoms with Crippen molar-refractivity contribution in [2.45, 2.75) is 0 Å². The molecule has 6 heteroatoms. The van der Waals surface area contributed by atoms with Gasteiger partial charge in [-0.15, -0.1) is 0 Å². The molecule has 1 N–H and O–H groups in total. The van der Waals surface area contributed by atoms with Crippen LogP contribution in [-0.4, -0.2) is 16.1 Å². The Morgan fingerprint density at radius 1 is 1.50 bits per heavy atom. The molecular weight excluding hydrogens is 233 g/mol. The van der Waals surface area contributed by atoms with Gasteiger partial charge in [-0.3, -0.25) is 0 Å². The van der Waals surface area contributed by atoms with Gasteiger partial charge in [0.15, 0.2) is 0 Å². The van der Waals surface area contributed by atoms with Gasteiger partial charge in [-0.2, -0.15) is 0 Å². The smallest absolute Gasteiger partial charge is 0.338 e. The molecule has 1 heterocycles. The molecule has 1 aromatic carbocycles. The topological polar surface area (TPSA) is 59.4 Å². The van der Waals surface area contributed by atoms with Crippen molar-refractivity contribution < 1.29 is 19.0 Å². The number of carboxylic acids is 1. The van der Waals surface area contributed by atoms with E-state index in [1.165, 1.54) is 17.4 Å². The number of aromatic nitrogens is 1. The van der Waals surface area contributed by atoms with Gasteiger partial charge in [0, 0.05) is 17.6 Å². The second-order valence-electron chi connectivity index (χ2n) is 2.85. The van der Waals surface area contributed by atoms with Gasteiger partial charge in [-0.05, 0) is 12.1 Å². The van der Waals surface area contributed by atoms with Crippen molar-refractivity contribution in [2.24, 2.45) is 0 Å². The number of thiazole rings is 1. The van der Waals surface area contributed by atoms with E-state index in [0.717, 1.165) is 12.1 Å². The predicted molar refractivity (Wildman–Crippen MR) is 55.5 cm³/mol. The lowest BCUT2D eigenvalue weighted by molar-refractivity contribution is 0.0692. The maximum atomic E-state index is 13.3. The summed E-state index contributed by atoms with van der Waals surface area (Å²) in [7, 11) is 0. The van der Waals surface area contributed by atoms with Gasteiger partial charge in [-0.25, -0.2) is 14.2 Å². The Morgan fingerprint density at radius 3 is 2.88 bits per heavy atom. The van der Waals surface area contributed by atoms with E-state index in [0.29, 0.717) is 5.19 Å². The molecule has 82 valence electrons. The first-order valence-electron chi connectivity index (χ1n) is 4.27. The molecule has 1 aromatic heterocycles. The molecule has 0 aliphatic carbocycles. The number of nitrogens with zero attached hydrogens (tertiary/aromatic N) is 1. The fourth-order valence-corrected chi connectivity index (χ4v) is 1.60. The van der Waals surface area contributed by atoms with Crippen LogP contribution in [0.2, 0.25) is 0 Å². The average Bonchev–Trinajstić information content (AvgIpc) is 2.70. The normalized spacial score (nSPS) is 10.1. The molecule has 0 spiro atoms. The lowest BCUT2D eigenvalue weighted by atomic mass is 10.2. The minimum Gasteiger partial charge on any atom is -0.478 e. The summed E-state index contributed by atoms with van der Waals surface area (Å²) in [6.07, 6.45) is 1.56. The van der Waals surface area contributed by atoms with E-state index in [2.05, 4.69) is 4.98 Å². The minimum atomic E-state index is -1.31. The molecule has 2 rings (SSSR count). The van der Waals surface area contributed by atoms with Crippen molar-refractivity contribution in [1.29, 1.82) is 0 Å². The number of aromatic carboxylic acids is 1. The molecule has 4 nitrogen and oxygen atoms in total. The maximum Gasteiger partial charge on any atom is 0.338 e. The Hall–Kier alpha value is -1.95. The SMILES string of the molecule is O=C(O)c1ccc(Oc2nccs2)cc1F. The zero-order valence-corrected chi connectivity index (χ0v) is 8.70. The van der Waals surface area contributed by atoms with Crippen LogP contribution in [0.3, 0.4) is 0 Å². The Labute approximate surface area is 93.9 Å². The number of benzene rings is 1. The first-order valence-corrected chi connectivity index (χ1v) is 5.15. The summed E-state index contributed by atoms with van der Waals surface area (Å²) in [5.41, 5.74) is -0.383. The summed E-state index contributed by atoms with van der Waals surface area (Å²) in [6.45, 7) is 0. The summed E-state index contributed by atoms with van der Waals surface area (Å²) < 4.78 is 18.5. The van der Waals surface area contributed by atoms with Gasteiger partial charge in [0.25, 0.3) is 5.19 Å². The quantitative estimate of drug-likeness (QED) is 0.894. The van der Waals surface area contributed by atoms with Crippen LogP contribution in [0.15, 0.2) is 29.8 Å². The molecule has 0 fully saturated rings. The fraction of sp³-hybridized carbons (Fsp3) is 0. The van der Waals surface area contributed by atoms with Gasteiger partial charge in [0.2, 0.25) is 0 Å². The zero-order valence-electron chi connectivity index (χ0n) is 7.88. The van der Waals surface area contributed by atoms with E-state index in [1.54, 1.807) is 11.6 Å². The fourth-order valence-electron chi connectivity index (χ4n) is 1.09. The Bertz CT molecular complexity index is 513. The highest BCUT2D eigenvalue weighted by Gasteiger charge is 2.11. The minimum absolute atomic E-state index is 0.220. The number of carbonyl (C=O) groups is 1.